The molecule has 3 rings (SSSR count). The van der Waals surface area contributed by atoms with Crippen LogP contribution < -0.4 is 0 Å². The Balaban J connectivity index is 2.39. The quantitative estimate of drug-likeness (QED) is 0.755. The predicted octanol–water partition coefficient (Wildman–Crippen LogP) is 2.48. The zero-order valence-corrected chi connectivity index (χ0v) is 9.99. The fourth-order valence-corrected chi connectivity index (χ4v) is 3.12. The summed E-state index contributed by atoms with van der Waals surface area (Å²) in [5, 5.41) is 8.94. The molecule has 0 aliphatic carbocycles. The molecule has 0 radical (unpaired) electrons. The molecular formula is C12H10N2O2S. The Hall–Kier alpha value is -1.88. The van der Waals surface area contributed by atoms with Crippen LogP contribution in [0.3, 0.4) is 0 Å². The average Bonchev–Trinajstić information content (AvgIpc) is 2.75. The molecule has 2 heterocycles. The van der Waals surface area contributed by atoms with E-state index < -0.39 is 5.97 Å². The molecule has 5 heteroatoms. The molecule has 0 unspecified atom stereocenters. The molecule has 0 bridgehead atoms. The van der Waals surface area contributed by atoms with Gasteiger partial charge in [0.2, 0.25) is 0 Å². The van der Waals surface area contributed by atoms with Gasteiger partial charge in [0.1, 0.15) is 0 Å². The van der Waals surface area contributed by atoms with E-state index in [1.807, 2.05) is 35.6 Å². The number of thiazole rings is 1. The van der Waals surface area contributed by atoms with E-state index in [0.717, 1.165) is 26.6 Å². The summed E-state index contributed by atoms with van der Waals surface area (Å²) in [6.45, 7) is 1.85. The molecule has 0 saturated carbocycles. The molecule has 0 atom stereocenters. The van der Waals surface area contributed by atoms with Gasteiger partial charge in [-0.1, -0.05) is 23.5 Å². The lowest BCUT2D eigenvalue weighted by Gasteiger charge is -1.98. The van der Waals surface area contributed by atoms with E-state index in [1.54, 1.807) is 11.3 Å². The summed E-state index contributed by atoms with van der Waals surface area (Å²) in [6.07, 6.45) is 0.00767. The van der Waals surface area contributed by atoms with Gasteiger partial charge >= 0.3 is 5.97 Å². The van der Waals surface area contributed by atoms with Crippen molar-refractivity contribution in [3.63, 3.8) is 0 Å². The van der Waals surface area contributed by atoms with Crippen LogP contribution in [0.5, 0.6) is 0 Å². The lowest BCUT2D eigenvalue weighted by Crippen LogP contribution is -2.04. The summed E-state index contributed by atoms with van der Waals surface area (Å²) < 4.78 is 3.07. The van der Waals surface area contributed by atoms with Crippen molar-refractivity contribution in [1.29, 1.82) is 0 Å². The largest absolute Gasteiger partial charge is 0.481 e. The summed E-state index contributed by atoms with van der Waals surface area (Å²) in [7, 11) is 0. The van der Waals surface area contributed by atoms with Crippen molar-refractivity contribution < 1.29 is 9.90 Å². The van der Waals surface area contributed by atoms with E-state index in [-0.39, 0.29) is 6.42 Å². The molecule has 0 saturated heterocycles. The van der Waals surface area contributed by atoms with Crippen molar-refractivity contribution >= 4 is 32.5 Å². The molecule has 3 aromatic rings. The number of aromatic nitrogens is 2. The zero-order chi connectivity index (χ0) is 12.0. The monoisotopic (exact) mass is 246 g/mol. The summed E-state index contributed by atoms with van der Waals surface area (Å²) >= 11 is 1.58. The molecule has 0 aliphatic rings. The molecule has 0 amide bonds. The van der Waals surface area contributed by atoms with Gasteiger partial charge in [-0.2, -0.15) is 0 Å². The number of nitrogens with zero attached hydrogens (tertiary/aromatic N) is 2. The van der Waals surface area contributed by atoms with Gasteiger partial charge < -0.3 is 5.11 Å². The number of aryl methyl sites for hydroxylation is 1. The Morgan fingerprint density at radius 3 is 3.00 bits per heavy atom. The Morgan fingerprint density at radius 1 is 1.47 bits per heavy atom. The van der Waals surface area contributed by atoms with Crippen molar-refractivity contribution in [2.24, 2.45) is 0 Å². The standard InChI is InChI=1S/C12H10N2O2S/c1-7-9(6-11(15)16)14-8-4-2-3-5-10(8)17-12(14)13-7/h2-5H,6H2,1H3,(H,15,16). The maximum atomic E-state index is 10.9. The Morgan fingerprint density at radius 2 is 2.24 bits per heavy atom. The number of aliphatic carboxylic acids is 1. The third-order valence-corrected chi connectivity index (χ3v) is 3.79. The van der Waals surface area contributed by atoms with Gasteiger partial charge in [-0.15, -0.1) is 0 Å². The molecule has 2 aromatic heterocycles. The van der Waals surface area contributed by atoms with E-state index in [9.17, 15) is 4.79 Å². The molecule has 0 aliphatic heterocycles. The summed E-state index contributed by atoms with van der Waals surface area (Å²) in [5.41, 5.74) is 2.60. The first-order valence-corrected chi connectivity index (χ1v) is 6.05. The fourth-order valence-electron chi connectivity index (χ4n) is 2.03. The van der Waals surface area contributed by atoms with Crippen molar-refractivity contribution in [1.82, 2.24) is 9.38 Å². The van der Waals surface area contributed by atoms with Crippen LogP contribution in [-0.4, -0.2) is 20.5 Å². The van der Waals surface area contributed by atoms with Crippen LogP contribution in [0.4, 0.5) is 0 Å². The van der Waals surface area contributed by atoms with E-state index in [4.69, 9.17) is 5.11 Å². The Kier molecular flexibility index (Phi) is 2.16. The number of rotatable bonds is 2. The molecule has 86 valence electrons. The van der Waals surface area contributed by atoms with E-state index >= 15 is 0 Å². The smallest absolute Gasteiger partial charge is 0.309 e. The van der Waals surface area contributed by atoms with Gasteiger partial charge in [0.05, 0.1) is 28.0 Å². The van der Waals surface area contributed by atoms with Gasteiger partial charge in [0.25, 0.3) is 0 Å². The van der Waals surface area contributed by atoms with Crippen LogP contribution in [0.2, 0.25) is 0 Å². The number of fused-ring (bicyclic) bond motifs is 3. The minimum atomic E-state index is -0.829. The first-order valence-electron chi connectivity index (χ1n) is 5.24. The Labute approximate surface area is 101 Å². The number of hydrogen-bond acceptors (Lipinski definition) is 3. The molecule has 1 N–H and O–H groups in total. The number of imidazole rings is 1. The number of carboxylic acid groups (broad SMARTS) is 1. The van der Waals surface area contributed by atoms with Crippen LogP contribution >= 0.6 is 11.3 Å². The van der Waals surface area contributed by atoms with Gasteiger partial charge in [0, 0.05) is 0 Å². The SMILES string of the molecule is Cc1nc2sc3ccccc3n2c1CC(=O)O. The van der Waals surface area contributed by atoms with Crippen molar-refractivity contribution in [3.8, 4) is 0 Å². The third kappa shape index (κ3) is 1.51. The van der Waals surface area contributed by atoms with Crippen molar-refractivity contribution in [2.75, 3.05) is 0 Å². The highest BCUT2D eigenvalue weighted by molar-refractivity contribution is 7.23. The minimum Gasteiger partial charge on any atom is -0.481 e. The number of carboxylic acids is 1. The molecular weight excluding hydrogens is 236 g/mol. The zero-order valence-electron chi connectivity index (χ0n) is 9.17. The first-order chi connectivity index (χ1) is 8.16. The van der Waals surface area contributed by atoms with Crippen molar-refractivity contribution in [3.05, 3.63) is 35.7 Å². The van der Waals surface area contributed by atoms with Gasteiger partial charge in [0.15, 0.2) is 4.96 Å². The van der Waals surface area contributed by atoms with Crippen LogP contribution in [0, 0.1) is 6.92 Å². The molecule has 0 spiro atoms. The van der Waals surface area contributed by atoms with Crippen molar-refractivity contribution in [2.45, 2.75) is 13.3 Å². The fraction of sp³-hybridized carbons (Fsp3) is 0.167. The maximum absolute atomic E-state index is 10.9. The normalized spacial score (nSPS) is 11.4. The summed E-state index contributed by atoms with van der Waals surface area (Å²) in [6, 6.07) is 7.94. The summed E-state index contributed by atoms with van der Waals surface area (Å²) in [4.78, 5) is 16.2. The highest BCUT2D eigenvalue weighted by atomic mass is 32.1. The number of para-hydroxylation sites is 1. The van der Waals surface area contributed by atoms with Gasteiger partial charge in [-0.3, -0.25) is 9.20 Å². The van der Waals surface area contributed by atoms with Crippen LogP contribution in [0.25, 0.3) is 15.2 Å². The Bertz CT molecular complexity index is 727. The lowest BCUT2D eigenvalue weighted by molar-refractivity contribution is -0.136. The number of benzene rings is 1. The molecule has 4 nitrogen and oxygen atoms in total. The average molecular weight is 246 g/mol. The second kappa shape index (κ2) is 3.56. The number of hydrogen-bond donors (Lipinski definition) is 1. The first kappa shape index (κ1) is 10.3. The second-order valence-electron chi connectivity index (χ2n) is 3.90. The van der Waals surface area contributed by atoms with Gasteiger partial charge in [-0.25, -0.2) is 4.98 Å². The highest BCUT2D eigenvalue weighted by Crippen LogP contribution is 2.28. The summed E-state index contributed by atoms with van der Waals surface area (Å²) in [5.74, 6) is -0.829. The minimum absolute atomic E-state index is 0.00767. The van der Waals surface area contributed by atoms with E-state index in [2.05, 4.69) is 4.98 Å². The topological polar surface area (TPSA) is 54.6 Å². The van der Waals surface area contributed by atoms with Crippen LogP contribution in [-0.2, 0) is 11.2 Å². The number of carbonyl (C=O) groups is 1. The van der Waals surface area contributed by atoms with Gasteiger partial charge in [-0.05, 0) is 19.1 Å². The van der Waals surface area contributed by atoms with E-state index in [0.29, 0.717) is 0 Å². The lowest BCUT2D eigenvalue weighted by atomic mass is 10.2. The molecule has 0 fully saturated rings. The van der Waals surface area contributed by atoms with Crippen LogP contribution in [0.15, 0.2) is 24.3 Å². The molecule has 17 heavy (non-hydrogen) atoms. The highest BCUT2D eigenvalue weighted by Gasteiger charge is 2.15. The third-order valence-electron chi connectivity index (χ3n) is 2.77. The second-order valence-corrected chi connectivity index (χ2v) is 4.91. The van der Waals surface area contributed by atoms with E-state index in [1.165, 1.54) is 0 Å². The maximum Gasteiger partial charge on any atom is 0.309 e. The predicted molar refractivity (Wildman–Crippen MR) is 66.7 cm³/mol. The molecule has 1 aromatic carbocycles. The van der Waals surface area contributed by atoms with Crippen LogP contribution in [0.1, 0.15) is 11.4 Å².